The van der Waals surface area contributed by atoms with Gasteiger partial charge in [-0.25, -0.2) is 0 Å². The van der Waals surface area contributed by atoms with E-state index in [4.69, 9.17) is 4.74 Å². The zero-order valence-electron chi connectivity index (χ0n) is 16.9. The van der Waals surface area contributed by atoms with E-state index in [-0.39, 0.29) is 23.8 Å². The maximum Gasteiger partial charge on any atom is 0.252 e. The molecule has 0 bridgehead atoms. The molecule has 1 saturated heterocycles. The Morgan fingerprint density at radius 2 is 1.86 bits per heavy atom. The van der Waals surface area contributed by atoms with Gasteiger partial charge in [-0.1, -0.05) is 0 Å². The number of pyridine rings is 1. The standard InChI is InChI=1S/C22H30N4O3/c1-14-18(7-9-29-14)22(28)26-12-16-4-2-15(3-5-16)11-25-21(27)17-10-20-19(24-13-17)6-8-23-20/h6,8,10,13-16,18,23H,2-5,7,9,11-12H2,1H3,(H,25,27)(H,26,28). The monoisotopic (exact) mass is 398 g/mol. The van der Waals surface area contributed by atoms with Crippen molar-refractivity contribution in [1.82, 2.24) is 20.6 Å². The van der Waals surface area contributed by atoms with Crippen LogP contribution in [0, 0.1) is 17.8 Å². The summed E-state index contributed by atoms with van der Waals surface area (Å²) in [6, 6.07) is 3.73. The molecular weight excluding hydrogens is 368 g/mol. The Morgan fingerprint density at radius 1 is 1.14 bits per heavy atom. The van der Waals surface area contributed by atoms with Gasteiger partial charge in [0.2, 0.25) is 5.91 Å². The molecule has 0 spiro atoms. The number of carbonyl (C=O) groups is 2. The second-order valence-electron chi connectivity index (χ2n) is 8.45. The molecule has 3 heterocycles. The molecule has 2 fully saturated rings. The Labute approximate surface area is 171 Å². The number of fused-ring (bicyclic) bond motifs is 1. The van der Waals surface area contributed by atoms with Gasteiger partial charge in [0.25, 0.3) is 5.91 Å². The average Bonchev–Trinajstić information content (AvgIpc) is 3.39. The second-order valence-corrected chi connectivity index (χ2v) is 8.45. The lowest BCUT2D eigenvalue weighted by Gasteiger charge is -2.29. The molecule has 2 aromatic heterocycles. The lowest BCUT2D eigenvalue weighted by atomic mass is 9.82. The maximum atomic E-state index is 12.4. The van der Waals surface area contributed by atoms with Crippen molar-refractivity contribution < 1.29 is 14.3 Å². The van der Waals surface area contributed by atoms with Crippen LogP contribution >= 0.6 is 0 Å². The largest absolute Gasteiger partial charge is 0.378 e. The van der Waals surface area contributed by atoms with Crippen LogP contribution < -0.4 is 10.6 Å². The predicted octanol–water partition coefficient (Wildman–Crippen LogP) is 2.64. The summed E-state index contributed by atoms with van der Waals surface area (Å²) < 4.78 is 5.49. The van der Waals surface area contributed by atoms with Gasteiger partial charge in [-0.15, -0.1) is 0 Å². The van der Waals surface area contributed by atoms with E-state index in [1.807, 2.05) is 25.3 Å². The predicted molar refractivity (Wildman–Crippen MR) is 110 cm³/mol. The van der Waals surface area contributed by atoms with E-state index in [0.717, 1.165) is 49.7 Å². The van der Waals surface area contributed by atoms with Crippen LogP contribution in [0.25, 0.3) is 11.0 Å². The SMILES string of the molecule is CC1OCCC1C(=O)NCC1CCC(CNC(=O)c2cnc3cc[nH]c3c2)CC1. The van der Waals surface area contributed by atoms with E-state index < -0.39 is 0 Å². The highest BCUT2D eigenvalue weighted by molar-refractivity contribution is 5.96. The van der Waals surface area contributed by atoms with Gasteiger partial charge in [-0.2, -0.15) is 0 Å². The number of carbonyl (C=O) groups excluding carboxylic acids is 2. The van der Waals surface area contributed by atoms with E-state index in [2.05, 4.69) is 20.6 Å². The third kappa shape index (κ3) is 4.78. The molecule has 2 aromatic rings. The first kappa shape index (κ1) is 19.9. The summed E-state index contributed by atoms with van der Waals surface area (Å²) >= 11 is 0. The maximum absolute atomic E-state index is 12.4. The molecule has 0 aromatic carbocycles. The number of hydrogen-bond donors (Lipinski definition) is 3. The summed E-state index contributed by atoms with van der Waals surface area (Å²) in [7, 11) is 0. The second kappa shape index (κ2) is 8.95. The number of rotatable bonds is 6. The number of nitrogens with zero attached hydrogens (tertiary/aromatic N) is 1. The normalized spacial score (nSPS) is 27.1. The molecule has 2 unspecified atom stereocenters. The van der Waals surface area contributed by atoms with E-state index in [9.17, 15) is 9.59 Å². The molecule has 7 nitrogen and oxygen atoms in total. The van der Waals surface area contributed by atoms with Crippen LogP contribution in [0.5, 0.6) is 0 Å². The van der Waals surface area contributed by atoms with Crippen molar-refractivity contribution in [1.29, 1.82) is 0 Å². The number of aromatic amines is 1. The summed E-state index contributed by atoms with van der Waals surface area (Å²) in [6.45, 7) is 4.11. The molecule has 7 heteroatoms. The molecule has 2 amide bonds. The number of nitrogens with one attached hydrogen (secondary N) is 3. The topological polar surface area (TPSA) is 96.1 Å². The Kier molecular flexibility index (Phi) is 6.13. The van der Waals surface area contributed by atoms with Crippen LogP contribution in [-0.2, 0) is 9.53 Å². The van der Waals surface area contributed by atoms with Gasteiger partial charge in [-0.05, 0) is 63.0 Å². The lowest BCUT2D eigenvalue weighted by molar-refractivity contribution is -0.126. The highest BCUT2D eigenvalue weighted by Gasteiger charge is 2.31. The zero-order chi connectivity index (χ0) is 20.2. The minimum Gasteiger partial charge on any atom is -0.378 e. The molecule has 2 atom stereocenters. The summed E-state index contributed by atoms with van der Waals surface area (Å²) in [4.78, 5) is 32.1. The minimum absolute atomic E-state index is 0.00115. The van der Waals surface area contributed by atoms with Crippen molar-refractivity contribution in [2.45, 2.75) is 45.1 Å². The molecular formula is C22H30N4O3. The van der Waals surface area contributed by atoms with E-state index in [0.29, 0.717) is 30.6 Å². The van der Waals surface area contributed by atoms with Gasteiger partial charge in [0, 0.05) is 32.1 Å². The van der Waals surface area contributed by atoms with E-state index >= 15 is 0 Å². The summed E-state index contributed by atoms with van der Waals surface area (Å²) in [6.07, 6.45) is 8.65. The van der Waals surface area contributed by atoms with Crippen LogP contribution in [0.2, 0.25) is 0 Å². The van der Waals surface area contributed by atoms with Crippen LogP contribution in [0.4, 0.5) is 0 Å². The van der Waals surface area contributed by atoms with Gasteiger partial charge in [-0.3, -0.25) is 14.6 Å². The highest BCUT2D eigenvalue weighted by atomic mass is 16.5. The van der Waals surface area contributed by atoms with Crippen molar-refractivity contribution in [2.75, 3.05) is 19.7 Å². The van der Waals surface area contributed by atoms with Gasteiger partial charge < -0.3 is 20.4 Å². The minimum atomic E-state index is -0.0729. The molecule has 1 aliphatic heterocycles. The zero-order valence-corrected chi connectivity index (χ0v) is 16.9. The smallest absolute Gasteiger partial charge is 0.252 e. The number of amides is 2. The molecule has 0 radical (unpaired) electrons. The molecule has 29 heavy (non-hydrogen) atoms. The number of H-pyrrole nitrogens is 1. The van der Waals surface area contributed by atoms with Crippen molar-refractivity contribution in [3.8, 4) is 0 Å². The summed E-state index contributed by atoms with van der Waals surface area (Å²) in [5, 5.41) is 6.18. The third-order valence-electron chi connectivity index (χ3n) is 6.46. The highest BCUT2D eigenvalue weighted by Crippen LogP contribution is 2.28. The van der Waals surface area contributed by atoms with Gasteiger partial charge in [0.15, 0.2) is 0 Å². The number of aromatic nitrogens is 2. The average molecular weight is 399 g/mol. The van der Waals surface area contributed by atoms with E-state index in [1.165, 1.54) is 0 Å². The van der Waals surface area contributed by atoms with Crippen molar-refractivity contribution >= 4 is 22.8 Å². The Morgan fingerprint density at radius 3 is 2.55 bits per heavy atom. The molecule has 3 N–H and O–H groups in total. The fourth-order valence-electron chi connectivity index (χ4n) is 4.49. The molecule has 4 rings (SSSR count). The third-order valence-corrected chi connectivity index (χ3v) is 6.46. The Bertz CT molecular complexity index is 857. The Balaban J connectivity index is 1.17. The van der Waals surface area contributed by atoms with Crippen molar-refractivity contribution in [3.63, 3.8) is 0 Å². The first-order valence-corrected chi connectivity index (χ1v) is 10.7. The number of hydrogen-bond acceptors (Lipinski definition) is 4. The molecule has 1 aliphatic carbocycles. The first-order chi connectivity index (χ1) is 14.1. The number of ether oxygens (including phenoxy) is 1. The quantitative estimate of drug-likeness (QED) is 0.697. The molecule has 2 aliphatic rings. The van der Waals surface area contributed by atoms with Crippen LogP contribution in [0.3, 0.4) is 0 Å². The molecule has 156 valence electrons. The molecule has 1 saturated carbocycles. The fourth-order valence-corrected chi connectivity index (χ4v) is 4.49. The van der Waals surface area contributed by atoms with Crippen molar-refractivity contribution in [3.05, 3.63) is 30.1 Å². The van der Waals surface area contributed by atoms with Gasteiger partial charge in [0.05, 0.1) is 28.6 Å². The van der Waals surface area contributed by atoms with Gasteiger partial charge >= 0.3 is 0 Å². The Hall–Kier alpha value is -2.41. The lowest BCUT2D eigenvalue weighted by Crippen LogP contribution is -2.38. The van der Waals surface area contributed by atoms with Crippen LogP contribution in [0.15, 0.2) is 24.5 Å². The summed E-state index contributed by atoms with van der Waals surface area (Å²) in [5.74, 6) is 1.09. The summed E-state index contributed by atoms with van der Waals surface area (Å²) in [5.41, 5.74) is 2.32. The van der Waals surface area contributed by atoms with Crippen molar-refractivity contribution in [2.24, 2.45) is 17.8 Å². The first-order valence-electron chi connectivity index (χ1n) is 10.7. The van der Waals surface area contributed by atoms with Crippen LogP contribution in [-0.4, -0.2) is 47.6 Å². The fraction of sp³-hybridized carbons (Fsp3) is 0.591. The van der Waals surface area contributed by atoms with E-state index in [1.54, 1.807) is 6.20 Å². The van der Waals surface area contributed by atoms with Gasteiger partial charge in [0.1, 0.15) is 0 Å². The van der Waals surface area contributed by atoms with Crippen LogP contribution in [0.1, 0.15) is 49.4 Å².